The molecule has 0 fully saturated rings. The van der Waals surface area contributed by atoms with Crippen molar-refractivity contribution in [1.29, 1.82) is 0 Å². The number of aromatic amines is 1. The molecule has 3 aromatic heterocycles. The van der Waals surface area contributed by atoms with E-state index in [0.717, 1.165) is 0 Å². The number of aromatic hydroxyl groups is 1. The molecule has 0 aliphatic heterocycles. The third-order valence-corrected chi connectivity index (χ3v) is 6.12. The SMILES string of the molecule is Cc1cc2c(-c3ccc[nH]c3=O)c(C(=O)O)n(Cc3cc4ccc(O)cc4nc3Cl)c2cc1F. The topological polar surface area (TPSA) is 108 Å². The number of phenolic OH excluding ortho intramolecular Hbond substituents is 1. The summed E-state index contributed by atoms with van der Waals surface area (Å²) >= 11 is 6.41. The predicted octanol–water partition coefficient (Wildman–Crippen LogP) is 5.10. The number of fused-ring (bicyclic) bond motifs is 2. The number of aromatic carboxylic acids is 1. The molecule has 34 heavy (non-hydrogen) atoms. The van der Waals surface area contributed by atoms with Gasteiger partial charge < -0.3 is 19.8 Å². The van der Waals surface area contributed by atoms with Crippen molar-refractivity contribution in [3.63, 3.8) is 0 Å². The number of halogens is 2. The van der Waals surface area contributed by atoms with Gasteiger partial charge >= 0.3 is 5.97 Å². The third-order valence-electron chi connectivity index (χ3n) is 5.79. The molecule has 0 spiro atoms. The second-order valence-electron chi connectivity index (χ2n) is 7.96. The highest BCUT2D eigenvalue weighted by atomic mass is 35.5. The van der Waals surface area contributed by atoms with E-state index in [1.54, 1.807) is 31.2 Å². The maximum atomic E-state index is 14.6. The van der Waals surface area contributed by atoms with E-state index in [4.69, 9.17) is 11.6 Å². The number of aromatic nitrogens is 3. The van der Waals surface area contributed by atoms with Crippen LogP contribution >= 0.6 is 11.6 Å². The fraction of sp³-hybridized carbons (Fsp3) is 0.0800. The Balaban J connectivity index is 1.83. The van der Waals surface area contributed by atoms with Crippen LogP contribution in [-0.4, -0.2) is 30.7 Å². The molecule has 3 heterocycles. The number of carboxylic acid groups (broad SMARTS) is 1. The number of carboxylic acids is 1. The van der Waals surface area contributed by atoms with Gasteiger partial charge in [0.25, 0.3) is 5.56 Å². The molecule has 0 radical (unpaired) electrons. The van der Waals surface area contributed by atoms with Gasteiger partial charge in [0.15, 0.2) is 0 Å². The smallest absolute Gasteiger partial charge is 0.353 e. The van der Waals surface area contributed by atoms with Crippen LogP contribution in [0.15, 0.2) is 59.5 Å². The number of carbonyl (C=O) groups is 1. The van der Waals surface area contributed by atoms with Crippen molar-refractivity contribution in [1.82, 2.24) is 14.5 Å². The summed E-state index contributed by atoms with van der Waals surface area (Å²) in [4.78, 5) is 32.0. The molecule has 0 saturated heterocycles. The Morgan fingerprint density at radius 3 is 2.74 bits per heavy atom. The minimum absolute atomic E-state index is 0.0337. The normalized spacial score (nSPS) is 11.4. The maximum absolute atomic E-state index is 14.6. The number of rotatable bonds is 4. The molecule has 0 unspecified atom stereocenters. The average molecular weight is 478 g/mol. The van der Waals surface area contributed by atoms with E-state index >= 15 is 0 Å². The number of phenols is 1. The number of hydrogen-bond donors (Lipinski definition) is 3. The number of H-pyrrole nitrogens is 1. The van der Waals surface area contributed by atoms with Crippen molar-refractivity contribution in [2.45, 2.75) is 13.5 Å². The number of aryl methyl sites for hydroxylation is 1. The number of benzene rings is 2. The highest BCUT2D eigenvalue weighted by Gasteiger charge is 2.26. The first-order valence-corrected chi connectivity index (χ1v) is 10.6. The summed E-state index contributed by atoms with van der Waals surface area (Å²) in [6, 6.07) is 12.3. The van der Waals surface area contributed by atoms with Crippen LogP contribution < -0.4 is 5.56 Å². The Morgan fingerprint density at radius 2 is 2.00 bits per heavy atom. The first-order valence-electron chi connectivity index (χ1n) is 10.3. The number of nitrogens with zero attached hydrogens (tertiary/aromatic N) is 2. The lowest BCUT2D eigenvalue weighted by atomic mass is 10.0. The molecule has 9 heteroatoms. The van der Waals surface area contributed by atoms with Crippen molar-refractivity contribution in [2.75, 3.05) is 0 Å². The number of nitrogens with one attached hydrogen (secondary N) is 1. The van der Waals surface area contributed by atoms with Crippen molar-refractivity contribution >= 4 is 39.4 Å². The summed E-state index contributed by atoms with van der Waals surface area (Å²) in [5.74, 6) is -1.74. The molecule has 3 N–H and O–H groups in total. The summed E-state index contributed by atoms with van der Waals surface area (Å²) < 4.78 is 16.1. The molecular formula is C25H17ClFN3O4. The molecule has 0 saturated carbocycles. The van der Waals surface area contributed by atoms with E-state index in [0.29, 0.717) is 32.9 Å². The molecule has 2 aromatic carbocycles. The van der Waals surface area contributed by atoms with E-state index in [2.05, 4.69) is 9.97 Å². The Hall–Kier alpha value is -4.17. The Labute approximate surface area is 196 Å². The first-order chi connectivity index (χ1) is 16.2. The van der Waals surface area contributed by atoms with E-state index in [9.17, 15) is 24.2 Å². The molecule has 0 atom stereocenters. The van der Waals surface area contributed by atoms with Gasteiger partial charge in [-0.2, -0.15) is 0 Å². The molecular weight excluding hydrogens is 461 g/mol. The Morgan fingerprint density at radius 1 is 1.21 bits per heavy atom. The van der Waals surface area contributed by atoms with Crippen LogP contribution in [0.5, 0.6) is 5.75 Å². The van der Waals surface area contributed by atoms with Crippen molar-refractivity contribution in [3.05, 3.63) is 92.9 Å². The zero-order chi connectivity index (χ0) is 24.1. The quantitative estimate of drug-likeness (QED) is 0.312. The monoisotopic (exact) mass is 477 g/mol. The van der Waals surface area contributed by atoms with Gasteiger partial charge in [0.1, 0.15) is 22.4 Å². The highest BCUT2D eigenvalue weighted by molar-refractivity contribution is 6.30. The van der Waals surface area contributed by atoms with Gasteiger partial charge in [-0.05, 0) is 55.0 Å². The van der Waals surface area contributed by atoms with E-state index in [1.807, 2.05) is 0 Å². The zero-order valence-corrected chi connectivity index (χ0v) is 18.5. The van der Waals surface area contributed by atoms with E-state index in [-0.39, 0.29) is 34.3 Å². The van der Waals surface area contributed by atoms with Gasteiger partial charge in [-0.15, -0.1) is 0 Å². The van der Waals surface area contributed by atoms with Crippen LogP contribution in [0.3, 0.4) is 0 Å². The second kappa shape index (κ2) is 8.00. The lowest BCUT2D eigenvalue weighted by molar-refractivity contribution is 0.0687. The Bertz CT molecular complexity index is 1690. The minimum Gasteiger partial charge on any atom is -0.508 e. The van der Waals surface area contributed by atoms with Crippen molar-refractivity contribution in [2.24, 2.45) is 0 Å². The van der Waals surface area contributed by atoms with Gasteiger partial charge in [-0.3, -0.25) is 4.79 Å². The highest BCUT2D eigenvalue weighted by Crippen LogP contribution is 2.36. The lowest BCUT2D eigenvalue weighted by Gasteiger charge is -2.12. The fourth-order valence-corrected chi connectivity index (χ4v) is 4.42. The van der Waals surface area contributed by atoms with E-state index < -0.39 is 17.3 Å². The average Bonchev–Trinajstić information content (AvgIpc) is 3.08. The number of hydrogen-bond acceptors (Lipinski definition) is 4. The predicted molar refractivity (Wildman–Crippen MR) is 127 cm³/mol. The molecule has 0 bridgehead atoms. The van der Waals surface area contributed by atoms with Crippen molar-refractivity contribution < 1.29 is 19.4 Å². The summed E-state index contributed by atoms with van der Waals surface area (Å²) in [6.07, 6.45) is 1.45. The molecule has 7 nitrogen and oxygen atoms in total. The van der Waals surface area contributed by atoms with Crippen LogP contribution in [0.25, 0.3) is 32.9 Å². The summed E-state index contributed by atoms with van der Waals surface area (Å²) in [7, 11) is 0. The van der Waals surface area contributed by atoms with Gasteiger partial charge in [0.2, 0.25) is 0 Å². The molecule has 5 aromatic rings. The molecule has 0 aliphatic carbocycles. The van der Waals surface area contributed by atoms with Crippen molar-refractivity contribution in [3.8, 4) is 16.9 Å². The second-order valence-corrected chi connectivity index (χ2v) is 8.32. The molecule has 0 amide bonds. The van der Waals surface area contributed by atoms with E-state index in [1.165, 1.54) is 35.0 Å². The fourth-order valence-electron chi connectivity index (χ4n) is 4.21. The van der Waals surface area contributed by atoms with Gasteiger partial charge in [-0.25, -0.2) is 14.2 Å². The molecule has 5 rings (SSSR count). The van der Waals surface area contributed by atoms with Gasteiger partial charge in [0.05, 0.1) is 17.6 Å². The van der Waals surface area contributed by atoms with Gasteiger partial charge in [-0.1, -0.05) is 11.6 Å². The van der Waals surface area contributed by atoms with Crippen LogP contribution in [0.2, 0.25) is 5.15 Å². The van der Waals surface area contributed by atoms with Crippen LogP contribution in [0.1, 0.15) is 21.6 Å². The van der Waals surface area contributed by atoms with Crippen LogP contribution in [0, 0.1) is 12.7 Å². The lowest BCUT2D eigenvalue weighted by Crippen LogP contribution is -2.14. The Kier molecular flexibility index (Phi) is 5.10. The first kappa shape index (κ1) is 21.7. The number of pyridine rings is 2. The largest absolute Gasteiger partial charge is 0.508 e. The summed E-state index contributed by atoms with van der Waals surface area (Å²) in [6.45, 7) is 1.54. The maximum Gasteiger partial charge on any atom is 0.353 e. The van der Waals surface area contributed by atoms with Gasteiger partial charge in [0, 0.05) is 39.7 Å². The standard InChI is InChI=1S/C25H17ClFN3O4/c1-12-7-17-20(10-18(12)27)30(22(25(33)34)21(17)16-3-2-6-28-24(16)32)11-14-8-13-4-5-15(31)9-19(13)29-23(14)26/h2-10,31H,11H2,1H3,(H,28,32)(H,33,34). The minimum atomic E-state index is -1.28. The molecule has 170 valence electrons. The third kappa shape index (κ3) is 3.48. The van der Waals surface area contributed by atoms with Crippen LogP contribution in [0.4, 0.5) is 4.39 Å². The summed E-state index contributed by atoms with van der Waals surface area (Å²) in [5, 5.41) is 21.1. The molecule has 0 aliphatic rings. The zero-order valence-electron chi connectivity index (χ0n) is 17.8. The van der Waals surface area contributed by atoms with Crippen LogP contribution in [-0.2, 0) is 6.54 Å². The summed E-state index contributed by atoms with van der Waals surface area (Å²) in [5.41, 5.74) is 1.32.